The molecule has 4 aliphatic rings. The standard InChI is InChI=1S/C28H34ClN2O3.BrH/c29-24-11-9-21(10-12-24)25(32)19-31-17-13-22(14-18-31)26(20-31)34-28(33)27(23-7-3-1-4-8-23)30-15-5-2-6-16-30;/h1,3-4,7-12,22,26-27H,2,5-6,13-20H2;1H/q+1;/p-1/t22?,26-,27-,31?;/m0./s1. The summed E-state index contributed by atoms with van der Waals surface area (Å²) in [4.78, 5) is 29.0. The molecular formula is C28H34BrClN2O3. The van der Waals surface area contributed by atoms with Gasteiger partial charge in [0.05, 0.1) is 13.1 Å². The summed E-state index contributed by atoms with van der Waals surface area (Å²) in [5.74, 6) is 0.402. The summed E-state index contributed by atoms with van der Waals surface area (Å²) < 4.78 is 7.02. The van der Waals surface area contributed by atoms with E-state index >= 15 is 0 Å². The number of likely N-dealkylation sites (tertiary alicyclic amines) is 1. The molecule has 6 rings (SSSR count). The van der Waals surface area contributed by atoms with Crippen LogP contribution in [0, 0.1) is 5.92 Å². The zero-order chi connectivity index (χ0) is 23.5. The van der Waals surface area contributed by atoms with Gasteiger partial charge in [-0.1, -0.05) is 48.4 Å². The van der Waals surface area contributed by atoms with Crippen molar-refractivity contribution in [1.29, 1.82) is 0 Å². The summed E-state index contributed by atoms with van der Waals surface area (Å²) in [7, 11) is 0. The Morgan fingerprint density at radius 2 is 1.63 bits per heavy atom. The van der Waals surface area contributed by atoms with Gasteiger partial charge in [-0.15, -0.1) is 0 Å². The highest BCUT2D eigenvalue weighted by Gasteiger charge is 2.49. The molecule has 5 nitrogen and oxygen atoms in total. The molecule has 2 bridgehead atoms. The smallest absolute Gasteiger partial charge is 0.328 e. The highest BCUT2D eigenvalue weighted by molar-refractivity contribution is 6.30. The summed E-state index contributed by atoms with van der Waals surface area (Å²) in [6, 6.07) is 16.9. The minimum atomic E-state index is -0.346. The Balaban J connectivity index is 0.00000289. The highest BCUT2D eigenvalue weighted by Crippen LogP contribution is 2.37. The third-order valence-corrected chi connectivity index (χ3v) is 8.30. The molecule has 0 unspecified atom stereocenters. The number of quaternary nitrogens is 1. The topological polar surface area (TPSA) is 46.6 Å². The SMILES string of the molecule is O=C(C[N+]12CCC(CC1)[C@@H](OC(=O)[C@H](c1ccccc1)N1CCCCC1)C2)c1ccc(Cl)cc1.[Br-]. The maximum absolute atomic E-state index is 13.6. The molecule has 188 valence electrons. The van der Waals surface area contributed by atoms with Gasteiger partial charge < -0.3 is 26.2 Å². The van der Waals surface area contributed by atoms with Gasteiger partial charge in [0.2, 0.25) is 5.78 Å². The predicted molar refractivity (Wildman–Crippen MR) is 133 cm³/mol. The molecule has 4 heterocycles. The molecule has 0 amide bonds. The maximum Gasteiger partial charge on any atom is 0.328 e. The normalized spacial score (nSPS) is 27.0. The molecule has 2 aromatic rings. The van der Waals surface area contributed by atoms with Crippen molar-refractivity contribution in [3.8, 4) is 0 Å². The number of Topliss-reactive ketones (excluding diaryl/α,β-unsaturated/α-hetero) is 1. The molecule has 0 aromatic heterocycles. The van der Waals surface area contributed by atoms with Crippen molar-refractivity contribution in [3.05, 3.63) is 70.7 Å². The van der Waals surface area contributed by atoms with Crippen molar-refractivity contribution >= 4 is 23.4 Å². The first-order chi connectivity index (χ1) is 16.5. The van der Waals surface area contributed by atoms with Crippen molar-refractivity contribution in [3.63, 3.8) is 0 Å². The third-order valence-electron chi connectivity index (χ3n) is 8.05. The molecule has 0 N–H and O–H groups in total. The van der Waals surface area contributed by atoms with Crippen LogP contribution < -0.4 is 17.0 Å². The Morgan fingerprint density at radius 1 is 0.971 bits per heavy atom. The number of ketones is 1. The molecule has 0 radical (unpaired) electrons. The number of rotatable bonds is 7. The number of benzene rings is 2. The van der Waals surface area contributed by atoms with E-state index in [0.29, 0.717) is 23.0 Å². The van der Waals surface area contributed by atoms with Gasteiger partial charge in [0, 0.05) is 29.3 Å². The molecule has 0 aliphatic carbocycles. The number of fused-ring (bicyclic) bond motifs is 3. The average molecular weight is 562 g/mol. The van der Waals surface area contributed by atoms with Crippen LogP contribution in [0.4, 0.5) is 0 Å². The Morgan fingerprint density at radius 3 is 2.29 bits per heavy atom. The van der Waals surface area contributed by atoms with Crippen LogP contribution in [-0.2, 0) is 9.53 Å². The number of piperidine rings is 4. The van der Waals surface area contributed by atoms with Gasteiger partial charge in [0.25, 0.3) is 0 Å². The monoisotopic (exact) mass is 560 g/mol. The molecule has 4 saturated heterocycles. The zero-order valence-corrected chi connectivity index (χ0v) is 22.4. The molecule has 7 heteroatoms. The molecule has 4 fully saturated rings. The first-order valence-electron chi connectivity index (χ1n) is 12.7. The number of carbonyl (C=O) groups is 2. The minimum absolute atomic E-state index is 0. The Labute approximate surface area is 223 Å². The fourth-order valence-electron chi connectivity index (χ4n) is 6.13. The van der Waals surface area contributed by atoms with Gasteiger partial charge in [0.1, 0.15) is 19.1 Å². The first-order valence-corrected chi connectivity index (χ1v) is 13.0. The van der Waals surface area contributed by atoms with Crippen LogP contribution in [0.1, 0.15) is 54.1 Å². The van der Waals surface area contributed by atoms with Gasteiger partial charge in [-0.25, -0.2) is 4.79 Å². The summed E-state index contributed by atoms with van der Waals surface area (Å²) in [5.41, 5.74) is 1.71. The van der Waals surface area contributed by atoms with Crippen LogP contribution in [0.3, 0.4) is 0 Å². The largest absolute Gasteiger partial charge is 1.00 e. The lowest BCUT2D eigenvalue weighted by molar-refractivity contribution is -0.938. The molecule has 35 heavy (non-hydrogen) atoms. The van der Waals surface area contributed by atoms with Crippen LogP contribution in [0.25, 0.3) is 0 Å². The number of hydrogen-bond acceptors (Lipinski definition) is 4. The van der Waals surface area contributed by atoms with E-state index in [1.54, 1.807) is 24.3 Å². The second-order valence-corrected chi connectivity index (χ2v) is 10.7. The van der Waals surface area contributed by atoms with Gasteiger partial charge in [-0.05, 0) is 55.8 Å². The van der Waals surface area contributed by atoms with E-state index in [0.717, 1.165) is 68.5 Å². The van der Waals surface area contributed by atoms with Crippen LogP contribution >= 0.6 is 11.6 Å². The number of halogens is 2. The zero-order valence-electron chi connectivity index (χ0n) is 20.1. The van der Waals surface area contributed by atoms with Crippen LogP contribution in [0.2, 0.25) is 5.02 Å². The highest BCUT2D eigenvalue weighted by atomic mass is 79.9. The Bertz CT molecular complexity index is 1000. The summed E-state index contributed by atoms with van der Waals surface area (Å²) in [6.07, 6.45) is 5.35. The third kappa shape index (κ3) is 5.99. The van der Waals surface area contributed by atoms with Crippen molar-refractivity contribution in [2.24, 2.45) is 5.92 Å². The fourth-order valence-corrected chi connectivity index (χ4v) is 6.26. The summed E-state index contributed by atoms with van der Waals surface area (Å²) >= 11 is 6.00. The quantitative estimate of drug-likeness (QED) is 0.294. The maximum atomic E-state index is 13.6. The van der Waals surface area contributed by atoms with E-state index < -0.39 is 0 Å². The first kappa shape index (κ1) is 26.3. The lowest BCUT2D eigenvalue weighted by Gasteiger charge is -2.51. The van der Waals surface area contributed by atoms with Crippen molar-refractivity contribution in [1.82, 2.24) is 4.90 Å². The van der Waals surface area contributed by atoms with E-state index in [-0.39, 0.29) is 40.9 Å². The van der Waals surface area contributed by atoms with Crippen LogP contribution in [-0.4, -0.2) is 66.5 Å². The second-order valence-electron chi connectivity index (χ2n) is 10.3. The van der Waals surface area contributed by atoms with E-state index in [2.05, 4.69) is 4.90 Å². The number of carbonyl (C=O) groups excluding carboxylic acids is 2. The molecular weight excluding hydrogens is 528 g/mol. The van der Waals surface area contributed by atoms with Gasteiger partial charge >= 0.3 is 5.97 Å². The number of ether oxygens (including phenoxy) is 1. The predicted octanol–water partition coefficient (Wildman–Crippen LogP) is 1.91. The van der Waals surface area contributed by atoms with Crippen molar-refractivity contribution in [2.45, 2.75) is 44.2 Å². The minimum Gasteiger partial charge on any atom is -1.00 e. The van der Waals surface area contributed by atoms with E-state index in [1.807, 2.05) is 30.3 Å². The number of hydrogen-bond donors (Lipinski definition) is 0. The van der Waals surface area contributed by atoms with E-state index in [1.165, 1.54) is 6.42 Å². The second kappa shape index (κ2) is 11.5. The van der Waals surface area contributed by atoms with E-state index in [4.69, 9.17) is 16.3 Å². The van der Waals surface area contributed by atoms with Crippen LogP contribution in [0.5, 0.6) is 0 Å². The molecule has 2 atom stereocenters. The van der Waals surface area contributed by atoms with E-state index in [9.17, 15) is 9.59 Å². The Kier molecular flexibility index (Phi) is 8.69. The summed E-state index contributed by atoms with van der Waals surface area (Å²) in [6.45, 7) is 5.00. The van der Waals surface area contributed by atoms with Gasteiger partial charge in [-0.2, -0.15) is 0 Å². The summed E-state index contributed by atoms with van der Waals surface area (Å²) in [5, 5.41) is 0.635. The van der Waals surface area contributed by atoms with Crippen molar-refractivity contribution in [2.75, 3.05) is 39.3 Å². The fraction of sp³-hybridized carbons (Fsp3) is 0.500. The molecule has 4 aliphatic heterocycles. The average Bonchev–Trinajstić information content (AvgIpc) is 2.86. The lowest BCUT2D eigenvalue weighted by Crippen LogP contribution is -3.00. The number of esters is 1. The molecule has 0 saturated carbocycles. The Hall–Kier alpha value is -1.73. The van der Waals surface area contributed by atoms with Gasteiger partial charge in [0.15, 0.2) is 6.10 Å². The van der Waals surface area contributed by atoms with Crippen LogP contribution in [0.15, 0.2) is 54.6 Å². The van der Waals surface area contributed by atoms with Gasteiger partial charge in [-0.3, -0.25) is 9.69 Å². The molecule has 0 spiro atoms. The number of nitrogens with zero attached hydrogens (tertiary/aromatic N) is 2. The molecule has 2 aromatic carbocycles. The van der Waals surface area contributed by atoms with Crippen molar-refractivity contribution < 1.29 is 35.8 Å². The lowest BCUT2D eigenvalue weighted by atomic mass is 9.82.